The molecule has 4 aromatic rings. The van der Waals surface area contributed by atoms with Gasteiger partial charge in [-0.25, -0.2) is 13.2 Å². The van der Waals surface area contributed by atoms with Gasteiger partial charge in [0.2, 0.25) is 0 Å². The number of alkyl halides is 2. The fraction of sp³-hybridized carbons (Fsp3) is 0.267. The zero-order valence-electron chi connectivity index (χ0n) is 20.4. The predicted octanol–water partition coefficient (Wildman–Crippen LogP) is 8.22. The van der Waals surface area contributed by atoms with E-state index in [1.54, 1.807) is 24.3 Å². The number of fused-ring (bicyclic) bond motifs is 1. The molecule has 7 heteroatoms. The van der Waals surface area contributed by atoms with E-state index in [1.807, 2.05) is 25.1 Å². The largest absolute Gasteiger partial charge is 0.494 e. The van der Waals surface area contributed by atoms with Gasteiger partial charge in [0.05, 0.1) is 6.61 Å². The Morgan fingerprint density at radius 1 is 0.703 bits per heavy atom. The van der Waals surface area contributed by atoms with E-state index < -0.39 is 18.2 Å². The minimum Gasteiger partial charge on any atom is -0.494 e. The Morgan fingerprint density at radius 3 is 2.11 bits per heavy atom. The van der Waals surface area contributed by atoms with Crippen LogP contribution in [0.1, 0.15) is 35.6 Å². The first-order valence-corrected chi connectivity index (χ1v) is 12.2. The molecule has 0 bridgehead atoms. The monoisotopic (exact) mass is 514 g/mol. The van der Waals surface area contributed by atoms with Crippen LogP contribution >= 0.6 is 0 Å². The van der Waals surface area contributed by atoms with Crippen molar-refractivity contribution in [2.24, 2.45) is 0 Å². The lowest BCUT2D eigenvalue weighted by Gasteiger charge is -2.11. The maximum atomic E-state index is 15.2. The molecule has 37 heavy (non-hydrogen) atoms. The van der Waals surface area contributed by atoms with E-state index in [0.717, 1.165) is 29.5 Å². The minimum absolute atomic E-state index is 0.304. The third kappa shape index (κ3) is 6.79. The van der Waals surface area contributed by atoms with Crippen LogP contribution in [-0.2, 0) is 25.7 Å². The lowest BCUT2D eigenvalue weighted by molar-refractivity contribution is -0.0522. The van der Waals surface area contributed by atoms with Crippen molar-refractivity contribution in [2.75, 3.05) is 6.61 Å². The van der Waals surface area contributed by atoms with Gasteiger partial charge < -0.3 is 9.47 Å². The molecule has 2 nitrogen and oxygen atoms in total. The average Bonchev–Trinajstić information content (AvgIpc) is 2.87. The molecular weight excluding hydrogens is 487 g/mol. The smallest absolute Gasteiger partial charge is 0.387 e. The summed E-state index contributed by atoms with van der Waals surface area (Å²) in [5.74, 6) is -1.54. The molecule has 194 valence electrons. The summed E-state index contributed by atoms with van der Waals surface area (Å²) in [7, 11) is 0. The molecule has 0 amide bonds. The van der Waals surface area contributed by atoms with E-state index >= 15 is 4.39 Å². The van der Waals surface area contributed by atoms with Gasteiger partial charge in [-0.1, -0.05) is 49.4 Å². The second-order valence-corrected chi connectivity index (χ2v) is 8.84. The first kappa shape index (κ1) is 26.5. The van der Waals surface area contributed by atoms with Crippen molar-refractivity contribution in [3.8, 4) is 11.5 Å². The van der Waals surface area contributed by atoms with Crippen LogP contribution in [0.2, 0.25) is 0 Å². The quantitative estimate of drug-likeness (QED) is 0.188. The summed E-state index contributed by atoms with van der Waals surface area (Å²) < 4.78 is 77.8. The van der Waals surface area contributed by atoms with Crippen LogP contribution in [-0.4, -0.2) is 13.2 Å². The first-order chi connectivity index (χ1) is 17.8. The summed E-state index contributed by atoms with van der Waals surface area (Å²) in [6.07, 6.45) is 2.60. The van der Waals surface area contributed by atoms with Crippen LogP contribution in [0.25, 0.3) is 10.8 Å². The first-order valence-electron chi connectivity index (χ1n) is 12.2. The van der Waals surface area contributed by atoms with E-state index in [1.165, 1.54) is 12.1 Å². The molecule has 4 aromatic carbocycles. The van der Waals surface area contributed by atoms with Crippen molar-refractivity contribution in [1.82, 2.24) is 0 Å². The zero-order valence-corrected chi connectivity index (χ0v) is 20.4. The Kier molecular flexibility index (Phi) is 8.64. The van der Waals surface area contributed by atoms with Gasteiger partial charge in [-0.15, -0.1) is 0 Å². The van der Waals surface area contributed by atoms with Crippen molar-refractivity contribution in [1.29, 1.82) is 0 Å². The van der Waals surface area contributed by atoms with E-state index in [2.05, 4.69) is 4.74 Å². The number of halogens is 5. The second kappa shape index (κ2) is 12.1. The molecule has 0 aliphatic carbocycles. The van der Waals surface area contributed by atoms with Crippen molar-refractivity contribution in [2.45, 2.75) is 45.6 Å². The molecule has 0 unspecified atom stereocenters. The number of hydrogen-bond donors (Lipinski definition) is 0. The highest BCUT2D eigenvalue weighted by Gasteiger charge is 2.13. The van der Waals surface area contributed by atoms with Crippen LogP contribution in [0, 0.1) is 17.5 Å². The van der Waals surface area contributed by atoms with Gasteiger partial charge in [0.1, 0.15) is 17.4 Å². The summed E-state index contributed by atoms with van der Waals surface area (Å²) in [4.78, 5) is 0. The van der Waals surface area contributed by atoms with Gasteiger partial charge in [-0.3, -0.25) is 0 Å². The molecular formula is C30H27F5O2. The fourth-order valence-electron chi connectivity index (χ4n) is 4.22. The molecule has 0 aliphatic rings. The van der Waals surface area contributed by atoms with Crippen LogP contribution in [0.5, 0.6) is 11.5 Å². The Labute approximate surface area is 212 Å². The average molecular weight is 515 g/mol. The Bertz CT molecular complexity index is 1370. The van der Waals surface area contributed by atoms with Gasteiger partial charge in [0.15, 0.2) is 11.6 Å². The van der Waals surface area contributed by atoms with Crippen LogP contribution in [0.4, 0.5) is 22.0 Å². The molecule has 0 atom stereocenters. The number of benzene rings is 4. The van der Waals surface area contributed by atoms with Crippen molar-refractivity contribution in [3.05, 3.63) is 106 Å². The third-order valence-electron chi connectivity index (χ3n) is 6.17. The maximum Gasteiger partial charge on any atom is 0.387 e. The third-order valence-corrected chi connectivity index (χ3v) is 6.17. The van der Waals surface area contributed by atoms with E-state index in [-0.39, 0.29) is 11.6 Å². The highest BCUT2D eigenvalue weighted by molar-refractivity contribution is 5.84. The van der Waals surface area contributed by atoms with E-state index in [4.69, 9.17) is 4.74 Å². The van der Waals surface area contributed by atoms with Crippen molar-refractivity contribution in [3.63, 3.8) is 0 Å². The lowest BCUT2D eigenvalue weighted by atomic mass is 9.97. The molecule has 0 heterocycles. The van der Waals surface area contributed by atoms with Crippen LogP contribution < -0.4 is 9.47 Å². The van der Waals surface area contributed by atoms with Gasteiger partial charge in [-0.05, 0) is 77.9 Å². The Hall–Kier alpha value is -3.61. The number of ether oxygens (including phenoxy) is 2. The van der Waals surface area contributed by atoms with Gasteiger partial charge >= 0.3 is 6.61 Å². The molecule has 4 rings (SSSR count). The number of hydrogen-bond acceptors (Lipinski definition) is 2. The van der Waals surface area contributed by atoms with Crippen molar-refractivity contribution < 1.29 is 31.4 Å². The highest BCUT2D eigenvalue weighted by Crippen LogP contribution is 2.26. The molecule has 0 aromatic heterocycles. The number of rotatable bonds is 11. The van der Waals surface area contributed by atoms with Gasteiger partial charge in [0, 0.05) is 11.5 Å². The van der Waals surface area contributed by atoms with Crippen LogP contribution in [0.15, 0.2) is 66.7 Å². The summed E-state index contributed by atoms with van der Waals surface area (Å²) in [5.41, 5.74) is 2.58. The number of aryl methyl sites for hydroxylation is 4. The summed E-state index contributed by atoms with van der Waals surface area (Å²) >= 11 is 0. The predicted molar refractivity (Wildman–Crippen MR) is 134 cm³/mol. The maximum absolute atomic E-state index is 15.2. The van der Waals surface area contributed by atoms with E-state index in [0.29, 0.717) is 60.1 Å². The van der Waals surface area contributed by atoms with Gasteiger partial charge in [0.25, 0.3) is 0 Å². The summed E-state index contributed by atoms with van der Waals surface area (Å²) in [6.45, 7) is -0.578. The standard InChI is InChI=1S/C30H27F5O2/c1-2-15-36-24-12-11-21(26(31)18-24)7-3-19-5-13-25-23(16-19)10-9-22(29(25)33)8-4-20-6-14-28(27(32)17-20)37-30(34)35/h5-6,9-14,16-18,30H,2-4,7-8,15H2,1H3. The molecule has 0 radical (unpaired) electrons. The summed E-state index contributed by atoms with van der Waals surface area (Å²) in [5, 5.41) is 1.21. The van der Waals surface area contributed by atoms with E-state index in [9.17, 15) is 17.6 Å². The zero-order chi connectivity index (χ0) is 26.4. The molecule has 0 saturated carbocycles. The topological polar surface area (TPSA) is 18.5 Å². The van der Waals surface area contributed by atoms with Crippen LogP contribution in [0.3, 0.4) is 0 Å². The second-order valence-electron chi connectivity index (χ2n) is 8.84. The molecule has 0 fully saturated rings. The molecule has 0 saturated heterocycles. The molecule has 0 spiro atoms. The van der Waals surface area contributed by atoms with Gasteiger partial charge in [-0.2, -0.15) is 8.78 Å². The normalized spacial score (nSPS) is 11.3. The SMILES string of the molecule is CCCOc1ccc(CCc2ccc3c(F)c(CCc4ccc(OC(F)F)c(F)c4)ccc3c2)c(F)c1. The minimum atomic E-state index is -3.11. The lowest BCUT2D eigenvalue weighted by Crippen LogP contribution is -2.04. The molecule has 0 N–H and O–H groups in total. The van der Waals surface area contributed by atoms with Crippen molar-refractivity contribution >= 4 is 10.8 Å². The molecule has 0 aliphatic heterocycles. The fourth-order valence-corrected chi connectivity index (χ4v) is 4.22. The summed E-state index contributed by atoms with van der Waals surface area (Å²) in [6, 6.07) is 17.6. The Morgan fingerprint density at radius 2 is 1.41 bits per heavy atom. The highest BCUT2D eigenvalue weighted by atomic mass is 19.3. The Balaban J connectivity index is 1.41.